The van der Waals surface area contributed by atoms with Crippen LogP contribution in [0.25, 0.3) is 0 Å². The van der Waals surface area contributed by atoms with E-state index in [4.69, 9.17) is 0 Å². The summed E-state index contributed by atoms with van der Waals surface area (Å²) in [6.07, 6.45) is 2.38. The van der Waals surface area contributed by atoms with E-state index in [9.17, 15) is 9.59 Å². The van der Waals surface area contributed by atoms with Gasteiger partial charge in [0.1, 0.15) is 5.54 Å². The molecular formula is C13H24N2O2. The van der Waals surface area contributed by atoms with Crippen LogP contribution in [0.4, 0.5) is 0 Å². The SMILES string of the molecule is CCC(C)CN1C(=O)CNC(=O)C1(CC)CC. The fourth-order valence-corrected chi connectivity index (χ4v) is 2.45. The van der Waals surface area contributed by atoms with E-state index in [1.807, 2.05) is 13.8 Å². The van der Waals surface area contributed by atoms with E-state index in [2.05, 4.69) is 19.2 Å². The Hall–Kier alpha value is -1.06. The van der Waals surface area contributed by atoms with E-state index in [0.29, 0.717) is 25.3 Å². The van der Waals surface area contributed by atoms with Crippen LogP contribution in [0.5, 0.6) is 0 Å². The van der Waals surface area contributed by atoms with Crippen LogP contribution in [0.2, 0.25) is 0 Å². The van der Waals surface area contributed by atoms with Crippen LogP contribution < -0.4 is 5.32 Å². The van der Waals surface area contributed by atoms with Gasteiger partial charge in [-0.3, -0.25) is 9.59 Å². The second-order valence-electron chi connectivity index (χ2n) is 4.94. The van der Waals surface area contributed by atoms with Gasteiger partial charge in [0.15, 0.2) is 0 Å². The molecule has 0 aliphatic carbocycles. The summed E-state index contributed by atoms with van der Waals surface area (Å²) < 4.78 is 0. The summed E-state index contributed by atoms with van der Waals surface area (Å²) >= 11 is 0. The Morgan fingerprint density at radius 3 is 2.35 bits per heavy atom. The van der Waals surface area contributed by atoms with E-state index in [1.54, 1.807) is 4.90 Å². The van der Waals surface area contributed by atoms with Gasteiger partial charge in [-0.05, 0) is 18.8 Å². The highest BCUT2D eigenvalue weighted by Crippen LogP contribution is 2.28. The van der Waals surface area contributed by atoms with Crippen LogP contribution in [0.1, 0.15) is 47.0 Å². The first-order valence-electron chi connectivity index (χ1n) is 6.60. The number of hydrogen-bond acceptors (Lipinski definition) is 2. The Kier molecular flexibility index (Phi) is 4.54. The maximum atomic E-state index is 12.1. The first-order chi connectivity index (χ1) is 8.01. The first kappa shape index (κ1) is 14.0. The molecule has 98 valence electrons. The van der Waals surface area contributed by atoms with Gasteiger partial charge in [-0.25, -0.2) is 0 Å². The van der Waals surface area contributed by atoms with Gasteiger partial charge in [0.25, 0.3) is 0 Å². The van der Waals surface area contributed by atoms with Crippen molar-refractivity contribution in [2.45, 2.75) is 52.5 Å². The van der Waals surface area contributed by atoms with Crippen molar-refractivity contribution < 1.29 is 9.59 Å². The topological polar surface area (TPSA) is 49.4 Å². The molecule has 1 unspecified atom stereocenters. The second kappa shape index (κ2) is 5.52. The van der Waals surface area contributed by atoms with E-state index in [0.717, 1.165) is 6.42 Å². The fraction of sp³-hybridized carbons (Fsp3) is 0.846. The van der Waals surface area contributed by atoms with E-state index < -0.39 is 5.54 Å². The maximum Gasteiger partial charge on any atom is 0.246 e. The van der Waals surface area contributed by atoms with Crippen LogP contribution in [0.3, 0.4) is 0 Å². The minimum atomic E-state index is -0.626. The zero-order chi connectivity index (χ0) is 13.1. The lowest BCUT2D eigenvalue weighted by atomic mass is 9.86. The van der Waals surface area contributed by atoms with Crippen LogP contribution >= 0.6 is 0 Å². The van der Waals surface area contributed by atoms with Crippen molar-refractivity contribution in [3.05, 3.63) is 0 Å². The molecule has 0 radical (unpaired) electrons. The number of carbonyl (C=O) groups excluding carboxylic acids is 2. The fourth-order valence-electron chi connectivity index (χ4n) is 2.45. The van der Waals surface area contributed by atoms with Crippen molar-refractivity contribution in [2.75, 3.05) is 13.1 Å². The van der Waals surface area contributed by atoms with Crippen LogP contribution in [0.15, 0.2) is 0 Å². The summed E-state index contributed by atoms with van der Waals surface area (Å²) in [6.45, 7) is 9.02. The van der Waals surface area contributed by atoms with Crippen LogP contribution in [-0.2, 0) is 9.59 Å². The Labute approximate surface area is 104 Å². The summed E-state index contributed by atoms with van der Waals surface area (Å²) in [5.74, 6) is 0.487. The lowest BCUT2D eigenvalue weighted by Gasteiger charge is -2.46. The quantitative estimate of drug-likeness (QED) is 0.792. The van der Waals surface area contributed by atoms with Crippen molar-refractivity contribution in [3.8, 4) is 0 Å². The molecule has 1 fully saturated rings. The highest BCUT2D eigenvalue weighted by Gasteiger charge is 2.46. The Bertz CT molecular complexity index is 298. The third kappa shape index (κ3) is 2.45. The number of hydrogen-bond donors (Lipinski definition) is 1. The molecule has 0 spiro atoms. The molecule has 1 atom stereocenters. The second-order valence-corrected chi connectivity index (χ2v) is 4.94. The highest BCUT2D eigenvalue weighted by atomic mass is 16.2. The van der Waals surface area contributed by atoms with Crippen molar-refractivity contribution in [1.82, 2.24) is 10.2 Å². The Morgan fingerprint density at radius 1 is 1.29 bits per heavy atom. The van der Waals surface area contributed by atoms with Crippen LogP contribution in [0, 0.1) is 5.92 Å². The predicted molar refractivity (Wildman–Crippen MR) is 67.5 cm³/mol. The summed E-state index contributed by atoms with van der Waals surface area (Å²) in [4.78, 5) is 25.9. The zero-order valence-corrected chi connectivity index (χ0v) is 11.4. The van der Waals surface area contributed by atoms with Gasteiger partial charge < -0.3 is 10.2 Å². The minimum Gasteiger partial charge on any atom is -0.345 e. The summed E-state index contributed by atoms with van der Waals surface area (Å²) in [7, 11) is 0. The first-order valence-corrected chi connectivity index (χ1v) is 6.60. The third-order valence-electron chi connectivity index (χ3n) is 4.00. The molecule has 1 N–H and O–H groups in total. The van der Waals surface area contributed by atoms with Crippen molar-refractivity contribution in [3.63, 3.8) is 0 Å². The molecule has 1 aliphatic heterocycles. The highest BCUT2D eigenvalue weighted by molar-refractivity contribution is 5.97. The van der Waals surface area contributed by atoms with E-state index >= 15 is 0 Å². The molecule has 17 heavy (non-hydrogen) atoms. The van der Waals surface area contributed by atoms with Gasteiger partial charge in [-0.1, -0.05) is 34.1 Å². The monoisotopic (exact) mass is 240 g/mol. The van der Waals surface area contributed by atoms with Crippen molar-refractivity contribution >= 4 is 11.8 Å². The average Bonchev–Trinajstić information content (AvgIpc) is 2.35. The molecule has 1 heterocycles. The molecule has 0 aromatic heterocycles. The molecule has 4 heteroatoms. The Balaban J connectivity index is 2.99. The number of piperazine rings is 1. The minimum absolute atomic E-state index is 0.00500. The molecule has 4 nitrogen and oxygen atoms in total. The Morgan fingerprint density at radius 2 is 1.88 bits per heavy atom. The molecule has 0 saturated carbocycles. The normalized spacial score (nSPS) is 21.3. The number of rotatable bonds is 5. The molecule has 0 aromatic carbocycles. The largest absolute Gasteiger partial charge is 0.345 e. The molecule has 1 rings (SSSR count). The molecule has 1 saturated heterocycles. The van der Waals surface area contributed by atoms with Crippen molar-refractivity contribution in [2.24, 2.45) is 5.92 Å². The smallest absolute Gasteiger partial charge is 0.246 e. The van der Waals surface area contributed by atoms with Gasteiger partial charge in [0.2, 0.25) is 11.8 Å². The summed E-state index contributed by atoms with van der Waals surface area (Å²) in [5, 5.41) is 2.72. The molecular weight excluding hydrogens is 216 g/mol. The van der Waals surface area contributed by atoms with Gasteiger partial charge in [0, 0.05) is 6.54 Å². The third-order valence-corrected chi connectivity index (χ3v) is 4.00. The van der Waals surface area contributed by atoms with Crippen LogP contribution in [-0.4, -0.2) is 35.3 Å². The standard InChI is InChI=1S/C13H24N2O2/c1-5-10(4)9-15-11(16)8-14-12(17)13(15,6-2)7-3/h10H,5-9H2,1-4H3,(H,14,17). The molecule has 0 bridgehead atoms. The number of nitrogens with zero attached hydrogens (tertiary/aromatic N) is 1. The van der Waals surface area contributed by atoms with Gasteiger partial charge in [-0.2, -0.15) is 0 Å². The van der Waals surface area contributed by atoms with E-state index in [1.165, 1.54) is 0 Å². The van der Waals surface area contributed by atoms with Crippen molar-refractivity contribution in [1.29, 1.82) is 0 Å². The molecule has 2 amide bonds. The zero-order valence-electron chi connectivity index (χ0n) is 11.4. The summed E-state index contributed by atoms with van der Waals surface area (Å²) in [5.41, 5.74) is -0.626. The summed E-state index contributed by atoms with van der Waals surface area (Å²) in [6, 6.07) is 0. The number of amides is 2. The van der Waals surface area contributed by atoms with Gasteiger partial charge in [0.05, 0.1) is 6.54 Å². The molecule has 1 aliphatic rings. The average molecular weight is 240 g/mol. The number of carbonyl (C=O) groups is 2. The molecule has 0 aromatic rings. The van der Waals surface area contributed by atoms with Gasteiger partial charge in [-0.15, -0.1) is 0 Å². The predicted octanol–water partition coefficient (Wildman–Crippen LogP) is 1.55. The maximum absolute atomic E-state index is 12.1. The van der Waals surface area contributed by atoms with Gasteiger partial charge >= 0.3 is 0 Å². The van der Waals surface area contributed by atoms with E-state index in [-0.39, 0.29) is 18.4 Å². The lowest BCUT2D eigenvalue weighted by Crippen LogP contribution is -2.67. The lowest BCUT2D eigenvalue weighted by molar-refractivity contribution is -0.155. The number of nitrogens with one attached hydrogen (secondary N) is 1.